The quantitative estimate of drug-likeness (QED) is 0.654. The molecule has 0 saturated heterocycles. The van der Waals surface area contributed by atoms with E-state index >= 15 is 0 Å². The summed E-state index contributed by atoms with van der Waals surface area (Å²) in [6.45, 7) is 3.86. The van der Waals surface area contributed by atoms with Gasteiger partial charge in [0.1, 0.15) is 12.3 Å². The topological polar surface area (TPSA) is 79.5 Å². The fourth-order valence-electron chi connectivity index (χ4n) is 1.74. The number of carbonyl (C=O) groups excluding carboxylic acids is 1. The second-order valence-electron chi connectivity index (χ2n) is 4.53. The first kappa shape index (κ1) is 15.2. The lowest BCUT2D eigenvalue weighted by Gasteiger charge is -2.03. The highest BCUT2D eigenvalue weighted by Crippen LogP contribution is 2.19. The van der Waals surface area contributed by atoms with Gasteiger partial charge in [-0.15, -0.1) is 0 Å². The zero-order valence-corrected chi connectivity index (χ0v) is 13.3. The lowest BCUT2D eigenvalue weighted by Crippen LogP contribution is -2.24. The summed E-state index contributed by atoms with van der Waals surface area (Å²) < 4.78 is 2.52. The molecule has 2 rings (SSSR count). The van der Waals surface area contributed by atoms with Gasteiger partial charge in [-0.3, -0.25) is 9.48 Å². The number of nitrogens with zero attached hydrogens (tertiary/aromatic N) is 3. The summed E-state index contributed by atoms with van der Waals surface area (Å²) in [5.74, 6) is -0.0746. The highest BCUT2D eigenvalue weighted by Gasteiger charge is 2.11. The molecule has 0 radical (unpaired) electrons. The number of aryl methyl sites for hydroxylation is 1. The van der Waals surface area contributed by atoms with Crippen molar-refractivity contribution in [2.24, 2.45) is 5.10 Å². The molecule has 0 aliphatic heterocycles. The minimum Gasteiger partial charge on any atom is -0.508 e. The molecule has 2 aromatic rings. The molecular weight excluding hydrogens is 336 g/mol. The van der Waals surface area contributed by atoms with E-state index in [2.05, 4.69) is 31.6 Å². The number of rotatable bonds is 4. The lowest BCUT2D eigenvalue weighted by atomic mass is 10.2. The Balaban J connectivity index is 1.93. The van der Waals surface area contributed by atoms with Crippen molar-refractivity contribution in [1.29, 1.82) is 0 Å². The van der Waals surface area contributed by atoms with Gasteiger partial charge in [0.15, 0.2) is 0 Å². The first-order chi connectivity index (χ1) is 9.97. The molecule has 7 heteroatoms. The van der Waals surface area contributed by atoms with Crippen LogP contribution < -0.4 is 5.43 Å². The summed E-state index contributed by atoms with van der Waals surface area (Å²) in [4.78, 5) is 11.8. The summed E-state index contributed by atoms with van der Waals surface area (Å²) in [5.41, 5.74) is 4.96. The number of hydrogen-bond donors (Lipinski definition) is 2. The number of benzene rings is 1. The van der Waals surface area contributed by atoms with E-state index in [1.54, 1.807) is 28.9 Å². The third-order valence-electron chi connectivity index (χ3n) is 2.88. The van der Waals surface area contributed by atoms with Gasteiger partial charge in [0.25, 0.3) is 5.91 Å². The predicted molar refractivity (Wildman–Crippen MR) is 83.2 cm³/mol. The molecule has 1 amide bonds. The van der Waals surface area contributed by atoms with Gasteiger partial charge in [-0.1, -0.05) is 0 Å². The maximum Gasteiger partial charge on any atom is 0.261 e. The van der Waals surface area contributed by atoms with Crippen LogP contribution in [0.5, 0.6) is 5.75 Å². The van der Waals surface area contributed by atoms with Crippen LogP contribution in [0.1, 0.15) is 17.0 Å². The number of halogens is 1. The molecule has 110 valence electrons. The summed E-state index contributed by atoms with van der Waals surface area (Å²) in [7, 11) is 0. The van der Waals surface area contributed by atoms with Gasteiger partial charge in [0.2, 0.25) is 0 Å². The average molecular weight is 351 g/mol. The fraction of sp³-hybridized carbons (Fsp3) is 0.214. The van der Waals surface area contributed by atoms with E-state index in [4.69, 9.17) is 5.11 Å². The number of nitrogens with one attached hydrogen (secondary N) is 1. The molecule has 1 aromatic carbocycles. The van der Waals surface area contributed by atoms with Crippen molar-refractivity contribution in [2.45, 2.75) is 20.4 Å². The second-order valence-corrected chi connectivity index (χ2v) is 5.32. The Labute approximate surface area is 130 Å². The van der Waals surface area contributed by atoms with E-state index < -0.39 is 0 Å². The Morgan fingerprint density at radius 1 is 1.43 bits per heavy atom. The standard InChI is InChI=1S/C14H15BrN4O2/c1-9-14(15)10(2)19(18-9)8-13(21)17-16-7-11-3-5-12(20)6-4-11/h3-7,20H,8H2,1-2H3,(H,17,21)/b16-7+. The molecule has 0 spiro atoms. The Morgan fingerprint density at radius 2 is 2.10 bits per heavy atom. The molecule has 0 atom stereocenters. The normalized spacial score (nSPS) is 11.0. The molecule has 0 aliphatic carbocycles. The fourth-order valence-corrected chi connectivity index (χ4v) is 2.02. The molecule has 0 saturated carbocycles. The lowest BCUT2D eigenvalue weighted by molar-refractivity contribution is -0.121. The Morgan fingerprint density at radius 3 is 2.67 bits per heavy atom. The third-order valence-corrected chi connectivity index (χ3v) is 4.03. The largest absolute Gasteiger partial charge is 0.508 e. The zero-order chi connectivity index (χ0) is 15.4. The summed E-state index contributed by atoms with van der Waals surface area (Å²) in [6.07, 6.45) is 1.51. The summed E-state index contributed by atoms with van der Waals surface area (Å²) >= 11 is 3.41. The molecule has 2 N–H and O–H groups in total. The molecule has 1 heterocycles. The molecular formula is C14H15BrN4O2. The van der Waals surface area contributed by atoms with E-state index in [-0.39, 0.29) is 18.2 Å². The van der Waals surface area contributed by atoms with Crippen LogP contribution in [0.2, 0.25) is 0 Å². The van der Waals surface area contributed by atoms with E-state index in [1.165, 1.54) is 6.21 Å². The minimum atomic E-state index is -0.261. The number of phenolic OH excluding ortho intramolecular Hbond substituents is 1. The van der Waals surface area contributed by atoms with Crippen LogP contribution in [0, 0.1) is 13.8 Å². The smallest absolute Gasteiger partial charge is 0.261 e. The van der Waals surface area contributed by atoms with Gasteiger partial charge in [-0.2, -0.15) is 10.2 Å². The van der Waals surface area contributed by atoms with Crippen LogP contribution >= 0.6 is 15.9 Å². The SMILES string of the molecule is Cc1nn(CC(=O)N/N=C/c2ccc(O)cc2)c(C)c1Br. The molecule has 6 nitrogen and oxygen atoms in total. The van der Waals surface area contributed by atoms with Crippen LogP contribution in [0.25, 0.3) is 0 Å². The van der Waals surface area contributed by atoms with E-state index in [0.29, 0.717) is 0 Å². The minimum absolute atomic E-state index is 0.102. The van der Waals surface area contributed by atoms with Crippen molar-refractivity contribution in [3.8, 4) is 5.75 Å². The van der Waals surface area contributed by atoms with Gasteiger partial charge in [0, 0.05) is 0 Å². The van der Waals surface area contributed by atoms with Crippen molar-refractivity contribution >= 4 is 28.1 Å². The molecule has 0 bridgehead atoms. The first-order valence-electron chi connectivity index (χ1n) is 6.28. The van der Waals surface area contributed by atoms with Crippen molar-refractivity contribution in [3.63, 3.8) is 0 Å². The van der Waals surface area contributed by atoms with Crippen molar-refractivity contribution in [1.82, 2.24) is 15.2 Å². The van der Waals surface area contributed by atoms with Crippen molar-refractivity contribution in [3.05, 3.63) is 45.7 Å². The molecule has 0 unspecified atom stereocenters. The van der Waals surface area contributed by atoms with Gasteiger partial charge in [-0.05, 0) is 59.6 Å². The Hall–Kier alpha value is -2.15. The summed E-state index contributed by atoms with van der Waals surface area (Å²) in [6, 6.07) is 6.50. The number of phenols is 1. The van der Waals surface area contributed by atoms with E-state index in [9.17, 15) is 4.79 Å². The van der Waals surface area contributed by atoms with E-state index in [1.807, 2.05) is 13.8 Å². The third kappa shape index (κ3) is 3.91. The van der Waals surface area contributed by atoms with Crippen molar-refractivity contribution < 1.29 is 9.90 Å². The van der Waals surface area contributed by atoms with Gasteiger partial charge < -0.3 is 5.11 Å². The number of aromatic hydroxyl groups is 1. The summed E-state index contributed by atoms with van der Waals surface area (Å²) in [5, 5.41) is 17.3. The number of amides is 1. The van der Waals surface area contributed by atoms with Crippen molar-refractivity contribution in [2.75, 3.05) is 0 Å². The molecule has 1 aromatic heterocycles. The van der Waals surface area contributed by atoms with Crippen LogP contribution in [0.15, 0.2) is 33.8 Å². The van der Waals surface area contributed by atoms with Crippen LogP contribution in [0.4, 0.5) is 0 Å². The van der Waals surface area contributed by atoms with Gasteiger partial charge in [-0.25, -0.2) is 5.43 Å². The zero-order valence-electron chi connectivity index (χ0n) is 11.7. The molecule has 0 aliphatic rings. The van der Waals surface area contributed by atoms with Crippen LogP contribution in [0.3, 0.4) is 0 Å². The predicted octanol–water partition coefficient (Wildman–Crippen LogP) is 2.12. The number of hydrogen-bond acceptors (Lipinski definition) is 4. The Kier molecular flexibility index (Phi) is 4.74. The average Bonchev–Trinajstić information content (AvgIpc) is 2.68. The maximum atomic E-state index is 11.8. The monoisotopic (exact) mass is 350 g/mol. The number of carbonyl (C=O) groups is 1. The van der Waals surface area contributed by atoms with E-state index in [0.717, 1.165) is 21.4 Å². The number of hydrazone groups is 1. The second kappa shape index (κ2) is 6.53. The van der Waals surface area contributed by atoms with Crippen LogP contribution in [-0.4, -0.2) is 27.0 Å². The van der Waals surface area contributed by atoms with Gasteiger partial charge in [0.05, 0.1) is 22.1 Å². The van der Waals surface area contributed by atoms with Gasteiger partial charge >= 0.3 is 0 Å². The highest BCUT2D eigenvalue weighted by atomic mass is 79.9. The van der Waals surface area contributed by atoms with Crippen LogP contribution in [-0.2, 0) is 11.3 Å². The maximum absolute atomic E-state index is 11.8. The molecule has 21 heavy (non-hydrogen) atoms. The first-order valence-corrected chi connectivity index (χ1v) is 7.07. The number of aromatic nitrogens is 2. The Bertz CT molecular complexity index is 677. The highest BCUT2D eigenvalue weighted by molar-refractivity contribution is 9.10. The molecule has 0 fully saturated rings.